The Hall–Kier alpha value is -3.71. The number of fused-ring (bicyclic) bond motifs is 1. The molecule has 3 aromatic carbocycles. The minimum atomic E-state index is -0.369. The van der Waals surface area contributed by atoms with Crippen LogP contribution < -0.4 is 10.1 Å². The molecule has 0 atom stereocenters. The van der Waals surface area contributed by atoms with Crippen LogP contribution in [0.4, 0.5) is 16.0 Å². The van der Waals surface area contributed by atoms with Crippen LogP contribution in [-0.2, 0) is 13.0 Å². The zero-order valence-corrected chi connectivity index (χ0v) is 18.5. The van der Waals surface area contributed by atoms with Crippen molar-refractivity contribution >= 4 is 28.4 Å². The number of nitrogens with one attached hydrogen (secondary N) is 2. The summed E-state index contributed by atoms with van der Waals surface area (Å²) in [5.41, 5.74) is 4.42. The molecule has 0 bridgehead atoms. The predicted molar refractivity (Wildman–Crippen MR) is 130 cm³/mol. The SMILES string of the molecule is N=C1CCc2ccc(Nc3nccc(-c4ccc(F)cc4OCc4ccccc4)n3)cc2S1. The lowest BCUT2D eigenvalue weighted by molar-refractivity contribution is 0.306. The molecule has 7 heteroatoms. The predicted octanol–water partition coefficient (Wildman–Crippen LogP) is 6.62. The van der Waals surface area contributed by atoms with Crippen LogP contribution in [0.3, 0.4) is 0 Å². The Morgan fingerprint density at radius 3 is 2.76 bits per heavy atom. The second-order valence-corrected chi connectivity index (χ2v) is 8.79. The van der Waals surface area contributed by atoms with Crippen molar-refractivity contribution in [3.8, 4) is 17.0 Å². The molecule has 0 amide bonds. The van der Waals surface area contributed by atoms with Gasteiger partial charge in [0.2, 0.25) is 5.95 Å². The Morgan fingerprint density at radius 1 is 1.00 bits per heavy atom. The minimum absolute atomic E-state index is 0.329. The Balaban J connectivity index is 1.39. The van der Waals surface area contributed by atoms with E-state index in [9.17, 15) is 4.39 Å². The van der Waals surface area contributed by atoms with Crippen LogP contribution in [0.1, 0.15) is 17.5 Å². The maximum absolute atomic E-state index is 14.0. The van der Waals surface area contributed by atoms with Gasteiger partial charge in [-0.25, -0.2) is 14.4 Å². The molecule has 1 aliphatic rings. The molecule has 1 aromatic heterocycles. The number of aromatic nitrogens is 2. The molecule has 0 saturated carbocycles. The number of hydrogen-bond donors (Lipinski definition) is 2. The van der Waals surface area contributed by atoms with Crippen LogP contribution in [0, 0.1) is 11.2 Å². The molecule has 164 valence electrons. The fourth-order valence-electron chi connectivity index (χ4n) is 3.63. The number of hydrogen-bond acceptors (Lipinski definition) is 6. The van der Waals surface area contributed by atoms with Gasteiger partial charge in [0.25, 0.3) is 0 Å². The van der Waals surface area contributed by atoms with Crippen molar-refractivity contribution in [2.24, 2.45) is 0 Å². The highest BCUT2D eigenvalue weighted by Crippen LogP contribution is 2.34. The minimum Gasteiger partial charge on any atom is -0.488 e. The van der Waals surface area contributed by atoms with Crippen LogP contribution in [-0.4, -0.2) is 15.0 Å². The van der Waals surface area contributed by atoms with Crippen molar-refractivity contribution in [1.29, 1.82) is 5.41 Å². The lowest BCUT2D eigenvalue weighted by Crippen LogP contribution is -2.04. The van der Waals surface area contributed by atoms with Crippen LogP contribution in [0.15, 0.2) is 83.9 Å². The third kappa shape index (κ3) is 5.04. The first kappa shape index (κ1) is 21.2. The van der Waals surface area contributed by atoms with Crippen molar-refractivity contribution in [3.05, 3.63) is 95.9 Å². The van der Waals surface area contributed by atoms with Gasteiger partial charge >= 0.3 is 0 Å². The number of rotatable bonds is 6. The monoisotopic (exact) mass is 456 g/mol. The van der Waals surface area contributed by atoms with Gasteiger partial charge in [-0.05, 0) is 54.3 Å². The summed E-state index contributed by atoms with van der Waals surface area (Å²) in [6, 6.07) is 22.1. The van der Waals surface area contributed by atoms with E-state index < -0.39 is 0 Å². The van der Waals surface area contributed by atoms with Gasteiger partial charge in [-0.3, -0.25) is 5.41 Å². The van der Waals surface area contributed by atoms with E-state index in [1.807, 2.05) is 42.5 Å². The van der Waals surface area contributed by atoms with Crippen molar-refractivity contribution in [2.75, 3.05) is 5.32 Å². The quantitative estimate of drug-likeness (QED) is 0.341. The largest absolute Gasteiger partial charge is 0.488 e. The zero-order valence-electron chi connectivity index (χ0n) is 17.7. The Morgan fingerprint density at radius 2 is 1.88 bits per heavy atom. The number of benzene rings is 3. The van der Waals surface area contributed by atoms with Crippen molar-refractivity contribution in [1.82, 2.24) is 9.97 Å². The molecule has 0 radical (unpaired) electrons. The molecule has 5 nitrogen and oxygen atoms in total. The average molecular weight is 457 g/mol. The molecule has 5 rings (SSSR count). The second kappa shape index (κ2) is 9.42. The highest BCUT2D eigenvalue weighted by molar-refractivity contribution is 8.14. The molecule has 1 aliphatic heterocycles. The first-order valence-electron chi connectivity index (χ1n) is 10.6. The molecule has 33 heavy (non-hydrogen) atoms. The van der Waals surface area contributed by atoms with Crippen LogP contribution in [0.25, 0.3) is 11.3 Å². The summed E-state index contributed by atoms with van der Waals surface area (Å²) >= 11 is 1.49. The summed E-state index contributed by atoms with van der Waals surface area (Å²) in [5, 5.41) is 11.9. The number of thioether (sulfide) groups is 1. The number of halogens is 1. The van der Waals surface area contributed by atoms with E-state index in [2.05, 4.69) is 21.4 Å². The van der Waals surface area contributed by atoms with Crippen LogP contribution >= 0.6 is 11.8 Å². The van der Waals surface area contributed by atoms with Crippen molar-refractivity contribution in [3.63, 3.8) is 0 Å². The number of ether oxygens (including phenoxy) is 1. The fraction of sp³-hybridized carbons (Fsp3) is 0.115. The molecule has 2 heterocycles. The molecule has 0 saturated heterocycles. The second-order valence-electron chi connectivity index (χ2n) is 7.65. The first-order chi connectivity index (χ1) is 16.1. The van der Waals surface area contributed by atoms with E-state index in [0.29, 0.717) is 34.6 Å². The zero-order chi connectivity index (χ0) is 22.6. The summed E-state index contributed by atoms with van der Waals surface area (Å²) in [4.78, 5) is 10.1. The summed E-state index contributed by atoms with van der Waals surface area (Å²) in [5.74, 6) is 0.486. The number of aryl methyl sites for hydroxylation is 1. The lowest BCUT2D eigenvalue weighted by Gasteiger charge is -2.17. The third-order valence-electron chi connectivity index (χ3n) is 5.29. The normalized spacial score (nSPS) is 12.8. The van der Waals surface area contributed by atoms with E-state index in [4.69, 9.17) is 10.1 Å². The van der Waals surface area contributed by atoms with Gasteiger partial charge in [-0.1, -0.05) is 48.2 Å². The highest BCUT2D eigenvalue weighted by Gasteiger charge is 2.15. The number of anilines is 2. The third-order valence-corrected chi connectivity index (χ3v) is 6.34. The Labute approximate surface area is 195 Å². The fourth-order valence-corrected chi connectivity index (χ4v) is 4.58. The van der Waals surface area contributed by atoms with E-state index >= 15 is 0 Å². The van der Waals surface area contributed by atoms with E-state index in [1.165, 1.54) is 29.5 Å². The van der Waals surface area contributed by atoms with Crippen LogP contribution in [0.5, 0.6) is 5.75 Å². The van der Waals surface area contributed by atoms with Crippen molar-refractivity contribution in [2.45, 2.75) is 24.3 Å². The molecule has 0 spiro atoms. The standard InChI is InChI=1S/C26H21FN4OS/c27-19-8-10-21(23(14-19)32-16-17-4-2-1-3-5-17)22-12-13-29-26(31-22)30-20-9-6-18-7-11-25(28)33-24(18)15-20/h1-6,8-10,12-15,28H,7,11,16H2,(H,29,30,31). The van der Waals surface area contributed by atoms with Gasteiger partial charge in [0, 0.05) is 28.4 Å². The van der Waals surface area contributed by atoms with Gasteiger partial charge in [0.05, 0.1) is 10.7 Å². The van der Waals surface area contributed by atoms with Crippen molar-refractivity contribution < 1.29 is 9.13 Å². The summed E-state index contributed by atoms with van der Waals surface area (Å²) in [6.07, 6.45) is 3.35. The smallest absolute Gasteiger partial charge is 0.227 e. The van der Waals surface area contributed by atoms with Gasteiger partial charge in [0.1, 0.15) is 18.2 Å². The summed E-state index contributed by atoms with van der Waals surface area (Å²) < 4.78 is 19.9. The highest BCUT2D eigenvalue weighted by atomic mass is 32.2. The summed E-state index contributed by atoms with van der Waals surface area (Å²) in [6.45, 7) is 0.329. The topological polar surface area (TPSA) is 70.9 Å². The molecule has 0 aliphatic carbocycles. The molecule has 0 fully saturated rings. The van der Waals surface area contributed by atoms with Crippen LogP contribution in [0.2, 0.25) is 0 Å². The lowest BCUT2D eigenvalue weighted by atomic mass is 10.1. The first-order valence-corrected chi connectivity index (χ1v) is 11.4. The molecular formula is C26H21FN4OS. The molecule has 0 unspecified atom stereocenters. The van der Waals surface area contributed by atoms with E-state index in [1.54, 1.807) is 18.3 Å². The number of nitrogens with zero attached hydrogens (tertiary/aromatic N) is 2. The molecule has 4 aromatic rings. The summed E-state index contributed by atoms with van der Waals surface area (Å²) in [7, 11) is 0. The van der Waals surface area contributed by atoms with Gasteiger partial charge in [-0.15, -0.1) is 0 Å². The maximum atomic E-state index is 14.0. The maximum Gasteiger partial charge on any atom is 0.227 e. The Kier molecular flexibility index (Phi) is 6.04. The molecule has 2 N–H and O–H groups in total. The molecular weight excluding hydrogens is 435 g/mol. The Bertz CT molecular complexity index is 1310. The van der Waals surface area contributed by atoms with E-state index in [0.717, 1.165) is 29.0 Å². The van der Waals surface area contributed by atoms with Gasteiger partial charge in [-0.2, -0.15) is 0 Å². The van der Waals surface area contributed by atoms with Gasteiger partial charge in [0.15, 0.2) is 0 Å². The van der Waals surface area contributed by atoms with E-state index in [-0.39, 0.29) is 5.82 Å². The average Bonchev–Trinajstić information content (AvgIpc) is 2.83. The van der Waals surface area contributed by atoms with Gasteiger partial charge < -0.3 is 10.1 Å².